The molecule has 0 amide bonds. The molecule has 1 atom stereocenters. The Bertz CT molecular complexity index is 505. The van der Waals surface area contributed by atoms with Gasteiger partial charge in [-0.3, -0.25) is 9.59 Å². The van der Waals surface area contributed by atoms with E-state index in [0.29, 0.717) is 0 Å². The van der Waals surface area contributed by atoms with Crippen molar-refractivity contribution in [1.29, 1.82) is 0 Å². The SMILES string of the molecule is C=C(C)CC(OC(=O)CCC(=O)OC1CCCCCCCCCCC1)C(Cl)(Cl)Cl. The molecule has 4 nitrogen and oxygen atoms in total. The highest BCUT2D eigenvalue weighted by Crippen LogP contribution is 2.35. The summed E-state index contributed by atoms with van der Waals surface area (Å²) in [6.07, 6.45) is 11.9. The molecule has 1 unspecified atom stereocenters. The molecule has 1 fully saturated rings. The average molecular weight is 470 g/mol. The first-order valence-corrected chi connectivity index (χ1v) is 11.9. The van der Waals surface area contributed by atoms with E-state index in [1.54, 1.807) is 6.92 Å². The number of ether oxygens (including phenoxy) is 2. The Labute approximate surface area is 190 Å². The zero-order chi connectivity index (χ0) is 21.7. The molecule has 7 heteroatoms. The summed E-state index contributed by atoms with van der Waals surface area (Å²) in [6.45, 7) is 5.51. The first-order valence-electron chi connectivity index (χ1n) is 10.8. The zero-order valence-corrected chi connectivity index (χ0v) is 19.8. The molecule has 0 N–H and O–H groups in total. The van der Waals surface area contributed by atoms with Gasteiger partial charge in [0.15, 0.2) is 6.10 Å². The lowest BCUT2D eigenvalue weighted by Gasteiger charge is -2.24. The van der Waals surface area contributed by atoms with E-state index in [0.717, 1.165) is 31.3 Å². The van der Waals surface area contributed by atoms with Crippen LogP contribution in [0, 0.1) is 0 Å². The van der Waals surface area contributed by atoms with Gasteiger partial charge in [0.25, 0.3) is 0 Å². The molecule has 0 spiro atoms. The van der Waals surface area contributed by atoms with Crippen LogP contribution in [0.15, 0.2) is 12.2 Å². The predicted molar refractivity (Wildman–Crippen MR) is 120 cm³/mol. The summed E-state index contributed by atoms with van der Waals surface area (Å²) >= 11 is 17.6. The third-order valence-electron chi connectivity index (χ3n) is 5.06. The Morgan fingerprint density at radius 3 is 1.79 bits per heavy atom. The van der Waals surface area contributed by atoms with Crippen molar-refractivity contribution in [2.45, 2.75) is 113 Å². The monoisotopic (exact) mass is 468 g/mol. The van der Waals surface area contributed by atoms with Gasteiger partial charge in [0.2, 0.25) is 3.79 Å². The standard InChI is InChI=1S/C22H35Cl3O4/c1-17(2)16-19(22(23,24)25)29-21(27)15-14-20(26)28-18-12-10-8-6-4-3-5-7-9-11-13-18/h18-19H,1,3-16H2,2H3. The van der Waals surface area contributed by atoms with Crippen LogP contribution in [-0.4, -0.2) is 27.9 Å². The molecule has 1 aliphatic carbocycles. The summed E-state index contributed by atoms with van der Waals surface area (Å²) in [5, 5.41) is 0. The Morgan fingerprint density at radius 1 is 0.897 bits per heavy atom. The van der Waals surface area contributed by atoms with Crippen molar-refractivity contribution in [3.8, 4) is 0 Å². The number of hydrogen-bond acceptors (Lipinski definition) is 4. The molecule has 0 aromatic carbocycles. The van der Waals surface area contributed by atoms with Gasteiger partial charge >= 0.3 is 11.9 Å². The molecule has 0 bridgehead atoms. The third-order valence-corrected chi connectivity index (χ3v) is 5.79. The van der Waals surface area contributed by atoms with E-state index < -0.39 is 15.9 Å². The van der Waals surface area contributed by atoms with Gasteiger partial charge in [-0.25, -0.2) is 0 Å². The van der Waals surface area contributed by atoms with Crippen molar-refractivity contribution in [3.63, 3.8) is 0 Å². The van der Waals surface area contributed by atoms with Crippen LogP contribution in [0.3, 0.4) is 0 Å². The molecule has 0 aromatic heterocycles. The number of carbonyl (C=O) groups is 2. The van der Waals surface area contributed by atoms with Gasteiger partial charge in [0.1, 0.15) is 6.10 Å². The second kappa shape index (κ2) is 14.5. The van der Waals surface area contributed by atoms with Crippen molar-refractivity contribution >= 4 is 46.7 Å². The van der Waals surface area contributed by atoms with E-state index in [-0.39, 0.29) is 31.3 Å². The molecular weight excluding hydrogens is 435 g/mol. The van der Waals surface area contributed by atoms with Crippen molar-refractivity contribution < 1.29 is 19.1 Å². The summed E-state index contributed by atoms with van der Waals surface area (Å²) < 4.78 is 9.15. The zero-order valence-electron chi connectivity index (χ0n) is 17.5. The fourth-order valence-electron chi connectivity index (χ4n) is 3.45. The highest BCUT2D eigenvalue weighted by Gasteiger charge is 2.35. The summed E-state index contributed by atoms with van der Waals surface area (Å²) in [7, 11) is 0. The molecule has 0 aromatic rings. The fraction of sp³-hybridized carbons (Fsp3) is 0.818. The van der Waals surface area contributed by atoms with Crippen LogP contribution in [0.1, 0.15) is 96.8 Å². The van der Waals surface area contributed by atoms with Crippen LogP contribution in [-0.2, 0) is 19.1 Å². The van der Waals surface area contributed by atoms with Crippen molar-refractivity contribution in [2.75, 3.05) is 0 Å². The maximum absolute atomic E-state index is 12.2. The van der Waals surface area contributed by atoms with Crippen LogP contribution in [0.2, 0.25) is 0 Å². The molecule has 29 heavy (non-hydrogen) atoms. The molecule has 0 radical (unpaired) electrons. The topological polar surface area (TPSA) is 52.6 Å². The van der Waals surface area contributed by atoms with Gasteiger partial charge in [0, 0.05) is 6.42 Å². The van der Waals surface area contributed by atoms with Crippen molar-refractivity contribution in [3.05, 3.63) is 12.2 Å². The minimum absolute atomic E-state index is 0.0328. The van der Waals surface area contributed by atoms with Crippen molar-refractivity contribution in [1.82, 2.24) is 0 Å². The lowest BCUT2D eigenvalue weighted by atomic mass is 9.99. The minimum atomic E-state index is -1.75. The van der Waals surface area contributed by atoms with Crippen molar-refractivity contribution in [2.24, 2.45) is 0 Å². The minimum Gasteiger partial charge on any atom is -0.462 e. The summed E-state index contributed by atoms with van der Waals surface area (Å²) in [5.41, 5.74) is 0.732. The van der Waals surface area contributed by atoms with Crippen LogP contribution in [0.4, 0.5) is 0 Å². The number of esters is 2. The van der Waals surface area contributed by atoms with Gasteiger partial charge in [0.05, 0.1) is 12.8 Å². The van der Waals surface area contributed by atoms with E-state index >= 15 is 0 Å². The summed E-state index contributed by atoms with van der Waals surface area (Å²) in [4.78, 5) is 24.3. The molecule has 0 heterocycles. The van der Waals surface area contributed by atoms with Gasteiger partial charge in [-0.2, -0.15) is 0 Å². The number of carbonyl (C=O) groups excluding carboxylic acids is 2. The smallest absolute Gasteiger partial charge is 0.306 e. The lowest BCUT2D eigenvalue weighted by Crippen LogP contribution is -2.31. The first kappa shape index (κ1) is 26.6. The largest absolute Gasteiger partial charge is 0.462 e. The Kier molecular flexibility index (Phi) is 13.3. The van der Waals surface area contributed by atoms with E-state index in [4.69, 9.17) is 44.3 Å². The Balaban J connectivity index is 2.42. The maximum Gasteiger partial charge on any atom is 0.306 e. The van der Waals surface area contributed by atoms with E-state index in [2.05, 4.69) is 6.58 Å². The van der Waals surface area contributed by atoms with E-state index in [9.17, 15) is 9.59 Å². The molecule has 1 rings (SSSR count). The third kappa shape index (κ3) is 13.5. The van der Waals surface area contributed by atoms with Gasteiger partial charge in [-0.05, 0) is 32.6 Å². The molecule has 0 saturated heterocycles. The second-order valence-corrected chi connectivity index (χ2v) is 10.4. The van der Waals surface area contributed by atoms with Crippen LogP contribution in [0.25, 0.3) is 0 Å². The number of halogens is 3. The second-order valence-electron chi connectivity index (χ2n) is 8.05. The molecule has 1 aliphatic rings. The number of hydrogen-bond donors (Lipinski definition) is 0. The lowest BCUT2D eigenvalue weighted by molar-refractivity contribution is -0.156. The van der Waals surface area contributed by atoms with Gasteiger partial charge < -0.3 is 9.47 Å². The number of rotatable bonds is 7. The first-order chi connectivity index (χ1) is 13.7. The predicted octanol–water partition coefficient (Wildman–Crippen LogP) is 7.23. The summed E-state index contributed by atoms with van der Waals surface area (Å²) in [6, 6.07) is 0. The highest BCUT2D eigenvalue weighted by molar-refractivity contribution is 6.68. The van der Waals surface area contributed by atoms with Gasteiger partial charge in [-0.1, -0.05) is 91.9 Å². The normalized spacial score (nSPS) is 18.8. The van der Waals surface area contributed by atoms with Crippen LogP contribution >= 0.6 is 34.8 Å². The highest BCUT2D eigenvalue weighted by atomic mass is 35.6. The Morgan fingerprint density at radius 2 is 1.34 bits per heavy atom. The molecule has 168 valence electrons. The fourth-order valence-corrected chi connectivity index (χ4v) is 3.82. The van der Waals surface area contributed by atoms with E-state index in [1.807, 2.05) is 0 Å². The quantitative estimate of drug-likeness (QED) is 0.224. The Hall–Kier alpha value is -0.450. The van der Waals surface area contributed by atoms with Gasteiger partial charge in [-0.15, -0.1) is 0 Å². The van der Waals surface area contributed by atoms with Crippen LogP contribution < -0.4 is 0 Å². The maximum atomic E-state index is 12.2. The molecule has 0 aliphatic heterocycles. The summed E-state index contributed by atoms with van der Waals surface area (Å²) in [5.74, 6) is -0.956. The molecular formula is C22H35Cl3O4. The average Bonchev–Trinajstić information content (AvgIpc) is 2.60. The van der Waals surface area contributed by atoms with Crippen LogP contribution in [0.5, 0.6) is 0 Å². The number of alkyl halides is 3. The molecule has 1 saturated carbocycles. The van der Waals surface area contributed by atoms with E-state index in [1.165, 1.54) is 44.9 Å².